The lowest BCUT2D eigenvalue weighted by Crippen LogP contribution is -2.29. The highest BCUT2D eigenvalue weighted by Crippen LogP contribution is 2.44. The van der Waals surface area contributed by atoms with E-state index in [1.54, 1.807) is 26.2 Å². The van der Waals surface area contributed by atoms with Gasteiger partial charge >= 0.3 is 0 Å². The largest absolute Gasteiger partial charge is 0.507 e. The molecule has 3 aromatic rings. The van der Waals surface area contributed by atoms with Crippen LogP contribution in [0.25, 0.3) is 5.76 Å². The number of rotatable bonds is 8. The van der Waals surface area contributed by atoms with Crippen LogP contribution in [0.2, 0.25) is 0 Å². The van der Waals surface area contributed by atoms with Crippen molar-refractivity contribution in [2.24, 2.45) is 0 Å². The molecule has 0 saturated carbocycles. The Morgan fingerprint density at radius 2 is 1.70 bits per heavy atom. The van der Waals surface area contributed by atoms with Crippen LogP contribution in [0.4, 0.5) is 0 Å². The average molecular weight is 544 g/mol. The first-order chi connectivity index (χ1) is 19.0. The molecular formula is C33H37NO6. The summed E-state index contributed by atoms with van der Waals surface area (Å²) in [5.41, 5.74) is 5.50. The average Bonchev–Trinajstić information content (AvgIpc) is 3.16. The molecule has 1 atom stereocenters. The molecule has 7 heteroatoms. The van der Waals surface area contributed by atoms with Crippen molar-refractivity contribution in [3.05, 3.63) is 93.0 Å². The van der Waals surface area contributed by atoms with E-state index in [0.717, 1.165) is 22.3 Å². The van der Waals surface area contributed by atoms with Gasteiger partial charge in [0.05, 0.1) is 25.3 Å². The Balaban J connectivity index is 1.96. The number of benzene rings is 3. The predicted octanol–water partition coefficient (Wildman–Crippen LogP) is 6.47. The lowest BCUT2D eigenvalue weighted by molar-refractivity contribution is -0.140. The third-order valence-electron chi connectivity index (χ3n) is 7.44. The van der Waals surface area contributed by atoms with Gasteiger partial charge in [0, 0.05) is 12.1 Å². The number of phenolic OH excluding ortho intramolecular Hbond substituents is 1. The molecule has 1 unspecified atom stereocenters. The molecular weight excluding hydrogens is 506 g/mol. The minimum absolute atomic E-state index is 0.00795. The molecule has 2 N–H and O–H groups in total. The molecule has 1 heterocycles. The van der Waals surface area contributed by atoms with Gasteiger partial charge in [-0.25, -0.2) is 0 Å². The minimum Gasteiger partial charge on any atom is -0.507 e. The number of hydrogen-bond donors (Lipinski definition) is 2. The molecule has 7 nitrogen and oxygen atoms in total. The maximum atomic E-state index is 13.7. The second-order valence-electron chi connectivity index (χ2n) is 10.6. The quantitative estimate of drug-likeness (QED) is 0.192. The number of aliphatic hydroxyl groups is 1. The highest BCUT2D eigenvalue weighted by atomic mass is 16.5. The number of methoxy groups -OCH3 is 1. The van der Waals surface area contributed by atoms with E-state index in [-0.39, 0.29) is 35.3 Å². The van der Waals surface area contributed by atoms with Crippen molar-refractivity contribution in [3.8, 4) is 17.2 Å². The number of carbonyl (C=O) groups is 2. The summed E-state index contributed by atoms with van der Waals surface area (Å²) in [4.78, 5) is 28.8. The van der Waals surface area contributed by atoms with E-state index in [2.05, 4.69) is 0 Å². The van der Waals surface area contributed by atoms with Crippen molar-refractivity contribution in [3.63, 3.8) is 0 Å². The summed E-state index contributed by atoms with van der Waals surface area (Å²) in [7, 11) is 1.60. The van der Waals surface area contributed by atoms with Crippen molar-refractivity contribution in [2.75, 3.05) is 13.7 Å². The van der Waals surface area contributed by atoms with Crippen LogP contribution in [-0.4, -0.2) is 40.5 Å². The Morgan fingerprint density at radius 3 is 2.35 bits per heavy atom. The maximum absolute atomic E-state index is 13.7. The second kappa shape index (κ2) is 11.5. The monoisotopic (exact) mass is 543 g/mol. The maximum Gasteiger partial charge on any atom is 0.295 e. The van der Waals surface area contributed by atoms with Crippen LogP contribution in [-0.2, 0) is 16.1 Å². The molecule has 3 aromatic carbocycles. The van der Waals surface area contributed by atoms with Gasteiger partial charge in [0.25, 0.3) is 11.7 Å². The molecule has 0 bridgehead atoms. The lowest BCUT2D eigenvalue weighted by atomic mass is 9.90. The molecule has 1 saturated heterocycles. The lowest BCUT2D eigenvalue weighted by Gasteiger charge is -2.27. The van der Waals surface area contributed by atoms with Crippen molar-refractivity contribution in [2.45, 2.75) is 60.0 Å². The fraction of sp³-hybridized carbons (Fsp3) is 0.333. The zero-order valence-corrected chi connectivity index (χ0v) is 24.2. The first-order valence-corrected chi connectivity index (χ1v) is 13.5. The molecule has 0 radical (unpaired) electrons. The number of aryl methyl sites for hydroxylation is 3. The van der Waals surface area contributed by atoms with E-state index >= 15 is 0 Å². The van der Waals surface area contributed by atoms with Crippen LogP contribution in [0, 0.1) is 20.8 Å². The number of ketones is 1. The number of amides is 1. The predicted molar refractivity (Wildman–Crippen MR) is 155 cm³/mol. The first-order valence-electron chi connectivity index (χ1n) is 13.5. The van der Waals surface area contributed by atoms with Crippen LogP contribution in [0.15, 0.2) is 54.1 Å². The Hall–Kier alpha value is -4.26. The molecule has 0 aliphatic carbocycles. The SMILES string of the molecule is CCOc1cc(C2/C(=C(\O)c3cc(C(C)C)c(OC)cc3C)C(=O)C(=O)N2Cc2cc(C)ccc2C)ccc1O. The number of nitrogens with zero attached hydrogens (tertiary/aromatic N) is 1. The van der Waals surface area contributed by atoms with E-state index in [1.807, 2.05) is 65.0 Å². The van der Waals surface area contributed by atoms with Gasteiger partial charge in [-0.15, -0.1) is 0 Å². The van der Waals surface area contributed by atoms with E-state index < -0.39 is 17.7 Å². The van der Waals surface area contributed by atoms with Crippen LogP contribution < -0.4 is 9.47 Å². The summed E-state index contributed by atoms with van der Waals surface area (Å²) in [6, 6.07) is 13.5. The molecule has 0 aromatic heterocycles. The van der Waals surface area contributed by atoms with E-state index in [0.29, 0.717) is 29.0 Å². The number of likely N-dealkylation sites (tertiary alicyclic amines) is 1. The molecule has 40 heavy (non-hydrogen) atoms. The fourth-order valence-electron chi connectivity index (χ4n) is 5.24. The molecule has 0 spiro atoms. The second-order valence-corrected chi connectivity index (χ2v) is 10.6. The smallest absolute Gasteiger partial charge is 0.295 e. The fourth-order valence-corrected chi connectivity index (χ4v) is 5.24. The summed E-state index contributed by atoms with van der Waals surface area (Å²) < 4.78 is 11.2. The number of aliphatic hydroxyl groups excluding tert-OH is 1. The molecule has 1 fully saturated rings. The Morgan fingerprint density at radius 1 is 0.975 bits per heavy atom. The van der Waals surface area contributed by atoms with Gasteiger partial charge in [0.2, 0.25) is 0 Å². The summed E-state index contributed by atoms with van der Waals surface area (Å²) in [5.74, 6) is -0.746. The zero-order chi connectivity index (χ0) is 29.3. The standard InChI is InChI=1S/C33H37NO6/c1-8-40-28-15-22(11-12-26(28)35)30-29(31(36)25-16-24(18(2)3)27(39-7)14-21(25)6)32(37)33(38)34(30)17-23-13-19(4)9-10-20(23)5/h9-16,18,30,35-36H,8,17H2,1-7H3/b31-29+. The number of hydrogen-bond acceptors (Lipinski definition) is 6. The van der Waals surface area contributed by atoms with Crippen LogP contribution in [0.1, 0.15) is 71.7 Å². The summed E-state index contributed by atoms with van der Waals surface area (Å²) in [5, 5.41) is 22.1. The number of carbonyl (C=O) groups excluding carboxylic acids is 2. The van der Waals surface area contributed by atoms with Crippen LogP contribution in [0.5, 0.6) is 17.2 Å². The van der Waals surface area contributed by atoms with Crippen molar-refractivity contribution < 1.29 is 29.3 Å². The third-order valence-corrected chi connectivity index (χ3v) is 7.44. The van der Waals surface area contributed by atoms with E-state index in [4.69, 9.17) is 9.47 Å². The Labute approximate surface area is 235 Å². The Bertz CT molecular complexity index is 1500. The topological polar surface area (TPSA) is 96.3 Å². The highest BCUT2D eigenvalue weighted by molar-refractivity contribution is 6.46. The van der Waals surface area contributed by atoms with Gasteiger partial charge in [0.15, 0.2) is 11.5 Å². The normalized spacial score (nSPS) is 16.6. The van der Waals surface area contributed by atoms with Gasteiger partial charge in [0.1, 0.15) is 11.5 Å². The first kappa shape index (κ1) is 28.7. The number of Topliss-reactive ketones (excluding diaryl/α,β-unsaturated/α-hetero) is 1. The summed E-state index contributed by atoms with van der Waals surface area (Å²) in [6.45, 7) is 12.1. The van der Waals surface area contributed by atoms with Gasteiger partial charge in [-0.1, -0.05) is 43.7 Å². The molecule has 1 amide bonds. The zero-order valence-electron chi connectivity index (χ0n) is 24.2. The molecule has 1 aliphatic rings. The van der Waals surface area contributed by atoms with E-state index in [1.165, 1.54) is 11.0 Å². The minimum atomic E-state index is -0.899. The number of ether oxygens (including phenoxy) is 2. The Kier molecular flexibility index (Phi) is 8.24. The van der Waals surface area contributed by atoms with Crippen molar-refractivity contribution in [1.29, 1.82) is 0 Å². The van der Waals surface area contributed by atoms with Gasteiger partial charge in [-0.3, -0.25) is 9.59 Å². The van der Waals surface area contributed by atoms with E-state index in [9.17, 15) is 19.8 Å². The van der Waals surface area contributed by atoms with Crippen LogP contribution >= 0.6 is 0 Å². The van der Waals surface area contributed by atoms with Gasteiger partial charge < -0.3 is 24.6 Å². The van der Waals surface area contributed by atoms with Gasteiger partial charge in [-0.2, -0.15) is 0 Å². The number of aromatic hydroxyl groups is 1. The number of phenols is 1. The molecule has 210 valence electrons. The summed E-state index contributed by atoms with van der Waals surface area (Å²) >= 11 is 0. The molecule has 1 aliphatic heterocycles. The van der Waals surface area contributed by atoms with Crippen molar-refractivity contribution in [1.82, 2.24) is 4.90 Å². The third kappa shape index (κ3) is 5.28. The highest BCUT2D eigenvalue weighted by Gasteiger charge is 2.46. The van der Waals surface area contributed by atoms with Crippen LogP contribution in [0.3, 0.4) is 0 Å². The van der Waals surface area contributed by atoms with Crippen molar-refractivity contribution >= 4 is 17.4 Å². The molecule has 4 rings (SSSR count). The summed E-state index contributed by atoms with van der Waals surface area (Å²) in [6.07, 6.45) is 0. The van der Waals surface area contributed by atoms with Gasteiger partial charge in [-0.05, 0) is 85.7 Å².